The van der Waals surface area contributed by atoms with E-state index in [2.05, 4.69) is 16.7 Å². The van der Waals surface area contributed by atoms with E-state index in [1.165, 1.54) is 0 Å². The van der Waals surface area contributed by atoms with Crippen molar-refractivity contribution in [2.24, 2.45) is 0 Å². The topological polar surface area (TPSA) is 85.2 Å². The number of nitriles is 1. The normalized spacial score (nSPS) is 13.9. The van der Waals surface area contributed by atoms with Crippen molar-refractivity contribution >= 4 is 17.6 Å². The van der Waals surface area contributed by atoms with Crippen molar-refractivity contribution in [1.29, 1.82) is 5.26 Å². The summed E-state index contributed by atoms with van der Waals surface area (Å²) in [5.41, 5.74) is 5.87. The lowest BCUT2D eigenvalue weighted by Gasteiger charge is -2.19. The summed E-state index contributed by atoms with van der Waals surface area (Å²) in [4.78, 5) is 26.4. The van der Waals surface area contributed by atoms with Crippen molar-refractivity contribution in [1.82, 2.24) is 10.6 Å². The van der Waals surface area contributed by atoms with E-state index >= 15 is 0 Å². The highest BCUT2D eigenvalue weighted by Gasteiger charge is 2.23. The first kappa shape index (κ1) is 21.1. The number of hydrogen-bond acceptors (Lipinski definition) is 3. The van der Waals surface area contributed by atoms with Crippen LogP contribution in [0.4, 0.5) is 10.5 Å². The second-order valence-electron chi connectivity index (χ2n) is 7.89. The zero-order valence-electron chi connectivity index (χ0n) is 18.1. The summed E-state index contributed by atoms with van der Waals surface area (Å²) in [6, 6.07) is 22.7. The van der Waals surface area contributed by atoms with E-state index in [0.29, 0.717) is 24.2 Å². The van der Waals surface area contributed by atoms with E-state index in [4.69, 9.17) is 5.26 Å². The van der Waals surface area contributed by atoms with Crippen molar-refractivity contribution in [3.05, 3.63) is 89.0 Å². The molecule has 1 aliphatic heterocycles. The minimum atomic E-state index is -0.175. The van der Waals surface area contributed by atoms with E-state index in [0.717, 1.165) is 27.9 Å². The van der Waals surface area contributed by atoms with E-state index in [9.17, 15) is 9.59 Å². The number of urea groups is 1. The number of amides is 3. The van der Waals surface area contributed by atoms with Crippen LogP contribution in [0.5, 0.6) is 0 Å². The minimum Gasteiger partial charge on any atom is -0.346 e. The molecule has 1 unspecified atom stereocenters. The van der Waals surface area contributed by atoms with Crippen LogP contribution in [0.25, 0.3) is 11.1 Å². The molecule has 160 valence electrons. The summed E-state index contributed by atoms with van der Waals surface area (Å²) in [6.45, 7) is 5.10. The van der Waals surface area contributed by atoms with Gasteiger partial charge in [0.15, 0.2) is 0 Å². The van der Waals surface area contributed by atoms with Crippen LogP contribution in [0.1, 0.15) is 40.0 Å². The van der Waals surface area contributed by atoms with Gasteiger partial charge in [-0.1, -0.05) is 36.4 Å². The van der Waals surface area contributed by atoms with Crippen LogP contribution in [0, 0.1) is 18.3 Å². The molecule has 0 spiro atoms. The fourth-order valence-electron chi connectivity index (χ4n) is 3.90. The van der Waals surface area contributed by atoms with Crippen molar-refractivity contribution in [3.8, 4) is 17.2 Å². The third-order valence-corrected chi connectivity index (χ3v) is 5.69. The Morgan fingerprint density at radius 2 is 1.88 bits per heavy atom. The fraction of sp³-hybridized carbons (Fsp3) is 0.192. The molecule has 1 atom stereocenters. The van der Waals surface area contributed by atoms with Gasteiger partial charge in [0.1, 0.15) is 0 Å². The number of carbonyl (C=O) groups excluding carboxylic acids is 2. The van der Waals surface area contributed by atoms with Gasteiger partial charge in [-0.05, 0) is 66.4 Å². The molecule has 1 fully saturated rings. The lowest BCUT2D eigenvalue weighted by atomic mass is 10.00. The summed E-state index contributed by atoms with van der Waals surface area (Å²) < 4.78 is 0. The SMILES string of the molecule is Cc1cc(C(=O)NC(C)c2ccc(-c3cccc(C#N)c3)cc2)ccc1N1CCNC1=O. The van der Waals surface area contributed by atoms with Gasteiger partial charge >= 0.3 is 6.03 Å². The number of rotatable bonds is 5. The van der Waals surface area contributed by atoms with Gasteiger partial charge in [-0.3, -0.25) is 9.69 Å². The molecule has 1 aliphatic rings. The van der Waals surface area contributed by atoms with Crippen LogP contribution < -0.4 is 15.5 Å². The smallest absolute Gasteiger partial charge is 0.322 e. The average molecular weight is 425 g/mol. The van der Waals surface area contributed by atoms with E-state index < -0.39 is 0 Å². The van der Waals surface area contributed by atoms with Crippen LogP contribution in [0.15, 0.2) is 66.7 Å². The maximum absolute atomic E-state index is 12.8. The quantitative estimate of drug-likeness (QED) is 0.630. The number of carbonyl (C=O) groups is 2. The molecule has 3 aromatic rings. The number of anilines is 1. The summed E-state index contributed by atoms with van der Waals surface area (Å²) in [6.07, 6.45) is 0. The molecule has 0 radical (unpaired) electrons. The van der Waals surface area contributed by atoms with Gasteiger partial charge in [0, 0.05) is 24.3 Å². The molecule has 1 heterocycles. The van der Waals surface area contributed by atoms with Crippen LogP contribution in [0.3, 0.4) is 0 Å². The lowest BCUT2D eigenvalue weighted by Crippen LogP contribution is -2.29. The standard InChI is InChI=1S/C26H24N4O2/c1-17-14-23(10-11-24(17)30-13-12-28-26(30)32)25(31)29-18(2)20-6-8-21(9-7-20)22-5-3-4-19(15-22)16-27/h3-11,14-15,18H,12-13H2,1-2H3,(H,28,32)(H,29,31). The summed E-state index contributed by atoms with van der Waals surface area (Å²) in [5.74, 6) is -0.163. The Labute approximate surface area is 187 Å². The predicted molar refractivity (Wildman–Crippen MR) is 124 cm³/mol. The van der Waals surface area contributed by atoms with Gasteiger partial charge in [-0.2, -0.15) is 5.26 Å². The predicted octanol–water partition coefficient (Wildman–Crippen LogP) is 4.55. The first-order chi connectivity index (χ1) is 15.5. The third kappa shape index (κ3) is 4.33. The zero-order valence-corrected chi connectivity index (χ0v) is 18.1. The highest BCUT2D eigenvalue weighted by Crippen LogP contribution is 2.25. The number of benzene rings is 3. The minimum absolute atomic E-state index is 0.110. The van der Waals surface area contributed by atoms with Crippen LogP contribution in [-0.2, 0) is 0 Å². The van der Waals surface area contributed by atoms with E-state index in [1.54, 1.807) is 17.0 Å². The molecule has 0 saturated carbocycles. The van der Waals surface area contributed by atoms with E-state index in [1.807, 2.05) is 68.4 Å². The maximum Gasteiger partial charge on any atom is 0.322 e. The second-order valence-corrected chi connectivity index (χ2v) is 7.89. The largest absolute Gasteiger partial charge is 0.346 e. The molecule has 1 saturated heterocycles. The Hall–Kier alpha value is -4.11. The Morgan fingerprint density at radius 1 is 1.09 bits per heavy atom. The Morgan fingerprint density at radius 3 is 2.53 bits per heavy atom. The van der Waals surface area contributed by atoms with Gasteiger partial charge in [0.2, 0.25) is 0 Å². The number of aryl methyl sites for hydroxylation is 1. The van der Waals surface area contributed by atoms with Crippen molar-refractivity contribution in [2.75, 3.05) is 18.0 Å². The summed E-state index contributed by atoms with van der Waals surface area (Å²) in [5, 5.41) is 14.9. The maximum atomic E-state index is 12.8. The van der Waals surface area contributed by atoms with Crippen LogP contribution in [0.2, 0.25) is 0 Å². The molecule has 0 bridgehead atoms. The first-order valence-electron chi connectivity index (χ1n) is 10.5. The Balaban J connectivity index is 1.45. The fourth-order valence-corrected chi connectivity index (χ4v) is 3.90. The summed E-state index contributed by atoms with van der Waals surface area (Å²) >= 11 is 0. The van der Waals surface area contributed by atoms with Crippen molar-refractivity contribution in [3.63, 3.8) is 0 Å². The first-order valence-corrected chi connectivity index (χ1v) is 10.5. The summed E-state index contributed by atoms with van der Waals surface area (Å²) in [7, 11) is 0. The molecular weight excluding hydrogens is 400 g/mol. The molecule has 6 heteroatoms. The molecular formula is C26H24N4O2. The molecule has 2 N–H and O–H groups in total. The molecule has 4 rings (SSSR count). The highest BCUT2D eigenvalue weighted by molar-refractivity contribution is 5.98. The van der Waals surface area contributed by atoms with Crippen molar-refractivity contribution < 1.29 is 9.59 Å². The molecule has 3 aromatic carbocycles. The van der Waals surface area contributed by atoms with Crippen LogP contribution >= 0.6 is 0 Å². The lowest BCUT2D eigenvalue weighted by molar-refractivity contribution is 0.0940. The Kier molecular flexibility index (Phi) is 5.91. The van der Waals surface area contributed by atoms with Gasteiger partial charge in [0.05, 0.1) is 17.7 Å². The second kappa shape index (κ2) is 8.94. The van der Waals surface area contributed by atoms with Gasteiger partial charge in [-0.15, -0.1) is 0 Å². The molecule has 0 aromatic heterocycles. The monoisotopic (exact) mass is 424 g/mol. The van der Waals surface area contributed by atoms with E-state index in [-0.39, 0.29) is 18.0 Å². The van der Waals surface area contributed by atoms with Gasteiger partial charge < -0.3 is 10.6 Å². The average Bonchev–Trinajstić information content (AvgIpc) is 3.24. The molecule has 32 heavy (non-hydrogen) atoms. The zero-order chi connectivity index (χ0) is 22.7. The van der Waals surface area contributed by atoms with Gasteiger partial charge in [0.25, 0.3) is 5.91 Å². The van der Waals surface area contributed by atoms with Crippen molar-refractivity contribution in [2.45, 2.75) is 19.9 Å². The molecule has 6 nitrogen and oxygen atoms in total. The number of nitrogens with zero attached hydrogens (tertiary/aromatic N) is 2. The number of hydrogen-bond donors (Lipinski definition) is 2. The highest BCUT2D eigenvalue weighted by atomic mass is 16.2. The Bertz CT molecular complexity index is 1210. The molecule has 3 amide bonds. The van der Waals surface area contributed by atoms with Gasteiger partial charge in [-0.25, -0.2) is 4.79 Å². The molecule has 0 aliphatic carbocycles. The van der Waals surface area contributed by atoms with Crippen LogP contribution in [-0.4, -0.2) is 25.0 Å². The number of nitrogens with one attached hydrogen (secondary N) is 2. The third-order valence-electron chi connectivity index (χ3n) is 5.69.